The van der Waals surface area contributed by atoms with E-state index >= 15 is 0 Å². The van der Waals surface area contributed by atoms with E-state index in [1.807, 2.05) is 4.90 Å². The minimum Gasteiger partial charge on any atom is -0.370 e. The second-order valence-electron chi connectivity index (χ2n) is 6.99. The first kappa shape index (κ1) is 22.5. The fraction of sp³-hybridized carbons (Fsp3) is 0.300. The molecule has 1 fully saturated rings. The average Bonchev–Trinajstić information content (AvgIpc) is 2.73. The monoisotopic (exact) mass is 452 g/mol. The first-order valence-electron chi connectivity index (χ1n) is 9.48. The Morgan fingerprint density at radius 1 is 1.10 bits per heavy atom. The number of hydrogen-bond acceptors (Lipinski definition) is 5. The van der Waals surface area contributed by atoms with E-state index < -0.39 is 22.6 Å². The van der Waals surface area contributed by atoms with Gasteiger partial charge in [0.05, 0.1) is 21.9 Å². The van der Waals surface area contributed by atoms with Gasteiger partial charge in [-0.3, -0.25) is 20.2 Å². The van der Waals surface area contributed by atoms with Gasteiger partial charge in [-0.25, -0.2) is 0 Å². The highest BCUT2D eigenvalue weighted by Gasteiger charge is 2.31. The van der Waals surface area contributed by atoms with Crippen molar-refractivity contribution in [1.82, 2.24) is 5.32 Å². The average molecular weight is 452 g/mol. The molecule has 164 valence electrons. The molecule has 7 nitrogen and oxygen atoms in total. The number of anilines is 2. The van der Waals surface area contributed by atoms with Gasteiger partial charge in [0.25, 0.3) is 11.6 Å². The molecule has 0 unspecified atom stereocenters. The van der Waals surface area contributed by atoms with Gasteiger partial charge in [0.1, 0.15) is 0 Å². The molecule has 11 heteroatoms. The summed E-state index contributed by atoms with van der Waals surface area (Å²) >= 11 is 5.12. The highest BCUT2D eigenvalue weighted by Crippen LogP contribution is 2.36. The SMILES string of the molecule is O=C(NC(=S)Nc1cc(C(F)(F)F)ccc1N1CCCCC1)c1cccc([N+](=O)[O-])c1. The van der Waals surface area contributed by atoms with E-state index in [4.69, 9.17) is 12.2 Å². The van der Waals surface area contributed by atoms with Crippen LogP contribution < -0.4 is 15.5 Å². The summed E-state index contributed by atoms with van der Waals surface area (Å²) in [6.07, 6.45) is -1.63. The van der Waals surface area contributed by atoms with Crippen LogP contribution in [0.2, 0.25) is 0 Å². The number of nitro benzene ring substituents is 1. The molecule has 2 aromatic carbocycles. The van der Waals surface area contributed by atoms with Crippen molar-refractivity contribution < 1.29 is 22.9 Å². The number of halogens is 3. The molecular formula is C20H19F3N4O3S. The molecule has 0 spiro atoms. The van der Waals surface area contributed by atoms with Crippen molar-refractivity contribution in [1.29, 1.82) is 0 Å². The molecule has 1 aliphatic rings. The Bertz CT molecular complexity index is 1010. The van der Waals surface area contributed by atoms with Gasteiger partial charge in [-0.1, -0.05) is 6.07 Å². The van der Waals surface area contributed by atoms with Crippen LogP contribution >= 0.6 is 12.2 Å². The Labute approximate surface area is 181 Å². The maximum atomic E-state index is 13.2. The molecule has 2 aromatic rings. The number of alkyl halides is 3. The maximum absolute atomic E-state index is 13.2. The summed E-state index contributed by atoms with van der Waals surface area (Å²) < 4.78 is 39.6. The molecule has 0 saturated carbocycles. The molecule has 2 N–H and O–H groups in total. The number of rotatable bonds is 4. The lowest BCUT2D eigenvalue weighted by atomic mass is 10.1. The summed E-state index contributed by atoms with van der Waals surface area (Å²) in [5.74, 6) is -0.715. The second-order valence-corrected chi connectivity index (χ2v) is 7.40. The van der Waals surface area contributed by atoms with Crippen LogP contribution in [0, 0.1) is 10.1 Å². The van der Waals surface area contributed by atoms with Crippen LogP contribution in [-0.2, 0) is 6.18 Å². The zero-order chi connectivity index (χ0) is 22.6. The molecule has 0 atom stereocenters. The Morgan fingerprint density at radius 3 is 2.45 bits per heavy atom. The Morgan fingerprint density at radius 2 is 1.81 bits per heavy atom. The quantitative estimate of drug-likeness (QED) is 0.396. The van der Waals surface area contributed by atoms with Crippen LogP contribution in [-0.4, -0.2) is 29.0 Å². The first-order chi connectivity index (χ1) is 14.6. The van der Waals surface area contributed by atoms with Crippen molar-refractivity contribution >= 4 is 40.3 Å². The van der Waals surface area contributed by atoms with Crippen LogP contribution in [0.15, 0.2) is 42.5 Å². The summed E-state index contributed by atoms with van der Waals surface area (Å²) in [6.45, 7) is 1.40. The highest BCUT2D eigenvalue weighted by atomic mass is 32.1. The smallest absolute Gasteiger partial charge is 0.370 e. The lowest BCUT2D eigenvalue weighted by molar-refractivity contribution is -0.384. The summed E-state index contributed by atoms with van der Waals surface area (Å²) in [6, 6.07) is 8.40. The van der Waals surface area contributed by atoms with Crippen LogP contribution in [0.4, 0.5) is 30.2 Å². The van der Waals surface area contributed by atoms with Crippen LogP contribution in [0.25, 0.3) is 0 Å². The van der Waals surface area contributed by atoms with Gasteiger partial charge in [-0.2, -0.15) is 13.2 Å². The number of hydrogen-bond donors (Lipinski definition) is 2. The van der Waals surface area contributed by atoms with Crippen molar-refractivity contribution in [2.45, 2.75) is 25.4 Å². The topological polar surface area (TPSA) is 87.5 Å². The fourth-order valence-corrected chi connectivity index (χ4v) is 3.52. The van der Waals surface area contributed by atoms with Crippen molar-refractivity contribution in [3.8, 4) is 0 Å². The van der Waals surface area contributed by atoms with E-state index in [1.165, 1.54) is 24.3 Å². The fourth-order valence-electron chi connectivity index (χ4n) is 3.31. The van der Waals surface area contributed by atoms with Gasteiger partial charge in [0, 0.05) is 30.8 Å². The van der Waals surface area contributed by atoms with Gasteiger partial charge in [-0.05, 0) is 55.7 Å². The predicted octanol–water partition coefficient (Wildman–Crippen LogP) is 4.73. The lowest BCUT2D eigenvalue weighted by Gasteiger charge is -2.31. The zero-order valence-corrected chi connectivity index (χ0v) is 17.1. The Hall–Kier alpha value is -3.21. The van der Waals surface area contributed by atoms with Gasteiger partial charge in [0.2, 0.25) is 0 Å². The molecule has 1 amide bonds. The second kappa shape index (κ2) is 9.29. The zero-order valence-electron chi connectivity index (χ0n) is 16.2. The molecule has 0 aliphatic carbocycles. The molecule has 0 radical (unpaired) electrons. The molecule has 0 aromatic heterocycles. The summed E-state index contributed by atoms with van der Waals surface area (Å²) in [7, 11) is 0. The predicted molar refractivity (Wildman–Crippen MR) is 114 cm³/mol. The number of nitrogens with zero attached hydrogens (tertiary/aromatic N) is 2. The summed E-state index contributed by atoms with van der Waals surface area (Å²) in [4.78, 5) is 24.6. The Balaban J connectivity index is 1.81. The molecule has 1 aliphatic heterocycles. The summed E-state index contributed by atoms with van der Waals surface area (Å²) in [5, 5.41) is 15.7. The van der Waals surface area contributed by atoms with Crippen molar-refractivity contribution in [2.75, 3.05) is 23.3 Å². The van der Waals surface area contributed by atoms with Gasteiger partial charge < -0.3 is 10.2 Å². The third kappa shape index (κ3) is 5.69. The highest BCUT2D eigenvalue weighted by molar-refractivity contribution is 7.80. The number of non-ortho nitro benzene ring substituents is 1. The third-order valence-corrected chi connectivity index (χ3v) is 5.02. The number of benzene rings is 2. The van der Waals surface area contributed by atoms with E-state index in [9.17, 15) is 28.1 Å². The number of piperidine rings is 1. The number of nitro groups is 1. The van der Waals surface area contributed by atoms with E-state index in [0.717, 1.165) is 37.5 Å². The Kier molecular flexibility index (Phi) is 6.74. The molecule has 31 heavy (non-hydrogen) atoms. The molecule has 1 heterocycles. The lowest BCUT2D eigenvalue weighted by Crippen LogP contribution is -2.35. The maximum Gasteiger partial charge on any atom is 0.416 e. The van der Waals surface area contributed by atoms with E-state index in [1.54, 1.807) is 0 Å². The minimum absolute atomic E-state index is 0.00125. The standard InChI is InChI=1S/C20H19F3N4O3S/c21-20(22,23)14-7-8-17(26-9-2-1-3-10-26)16(12-14)24-19(31)25-18(28)13-5-4-6-15(11-13)27(29)30/h4-8,11-12H,1-3,9-10H2,(H2,24,25,28,31). The molecule has 0 bridgehead atoms. The third-order valence-electron chi connectivity index (χ3n) is 4.82. The number of thiocarbonyl (C=S) groups is 1. The van der Waals surface area contributed by atoms with Crippen molar-refractivity contribution in [2.24, 2.45) is 0 Å². The minimum atomic E-state index is -4.54. The number of nitrogens with one attached hydrogen (secondary N) is 2. The van der Waals surface area contributed by atoms with Crippen LogP contribution in [0.3, 0.4) is 0 Å². The van der Waals surface area contributed by atoms with Gasteiger partial charge in [-0.15, -0.1) is 0 Å². The van der Waals surface area contributed by atoms with Gasteiger partial charge in [0.15, 0.2) is 5.11 Å². The number of amides is 1. The van der Waals surface area contributed by atoms with Crippen LogP contribution in [0.5, 0.6) is 0 Å². The van der Waals surface area contributed by atoms with Crippen molar-refractivity contribution in [3.63, 3.8) is 0 Å². The molecule has 3 rings (SSSR count). The normalized spacial score (nSPS) is 14.1. The first-order valence-corrected chi connectivity index (χ1v) is 9.89. The van der Waals surface area contributed by atoms with E-state index in [-0.39, 0.29) is 22.1 Å². The summed E-state index contributed by atoms with van der Waals surface area (Å²) in [5.41, 5.74) is -0.431. The van der Waals surface area contributed by atoms with Gasteiger partial charge >= 0.3 is 6.18 Å². The van der Waals surface area contributed by atoms with E-state index in [2.05, 4.69) is 10.6 Å². The largest absolute Gasteiger partial charge is 0.416 e. The molecule has 1 saturated heterocycles. The number of carbonyl (C=O) groups excluding carboxylic acids is 1. The van der Waals surface area contributed by atoms with E-state index in [0.29, 0.717) is 18.8 Å². The number of carbonyl (C=O) groups is 1. The van der Waals surface area contributed by atoms with Crippen LogP contribution in [0.1, 0.15) is 35.2 Å². The van der Waals surface area contributed by atoms with Crippen molar-refractivity contribution in [3.05, 3.63) is 63.7 Å². The molecular weight excluding hydrogens is 433 g/mol.